The first-order chi connectivity index (χ1) is 5.33. The quantitative estimate of drug-likeness (QED) is 0.615. The maximum atomic E-state index is 8.72. The van der Waals surface area contributed by atoms with Crippen molar-refractivity contribution in [3.05, 3.63) is 0 Å². The number of aliphatic hydroxyl groups is 1. The lowest BCUT2D eigenvalue weighted by atomic mass is 10.1. The first kappa shape index (κ1) is 8.97. The van der Waals surface area contributed by atoms with Crippen LogP contribution in [0.3, 0.4) is 0 Å². The van der Waals surface area contributed by atoms with Crippen molar-refractivity contribution in [2.75, 3.05) is 19.7 Å². The monoisotopic (exact) mass is 159 g/mol. The predicted octanol–water partition coefficient (Wildman–Crippen LogP) is 0.136. The smallest absolute Gasteiger partial charge is 0.0782 e. The normalized spacial score (nSPS) is 28.4. The van der Waals surface area contributed by atoms with Crippen LogP contribution in [0, 0.1) is 0 Å². The summed E-state index contributed by atoms with van der Waals surface area (Å²) in [7, 11) is 0. The summed E-state index contributed by atoms with van der Waals surface area (Å²) in [5.41, 5.74) is 0. The van der Waals surface area contributed by atoms with Crippen molar-refractivity contribution in [3.63, 3.8) is 0 Å². The molecule has 1 rings (SSSR count). The lowest BCUT2D eigenvalue weighted by molar-refractivity contribution is -0.0376. The molecule has 0 aliphatic carbocycles. The molecule has 1 unspecified atom stereocenters. The van der Waals surface area contributed by atoms with Crippen molar-refractivity contribution in [3.8, 4) is 0 Å². The summed E-state index contributed by atoms with van der Waals surface area (Å²) >= 11 is 0. The van der Waals surface area contributed by atoms with Crippen molar-refractivity contribution in [2.24, 2.45) is 0 Å². The molecule has 0 radical (unpaired) electrons. The first-order valence-electron chi connectivity index (χ1n) is 4.30. The summed E-state index contributed by atoms with van der Waals surface area (Å²) in [5.74, 6) is 0. The highest BCUT2D eigenvalue weighted by atomic mass is 16.5. The van der Waals surface area contributed by atoms with Crippen LogP contribution in [0.5, 0.6) is 0 Å². The Hall–Kier alpha value is -0.120. The molecule has 2 atom stereocenters. The Morgan fingerprint density at radius 3 is 3.09 bits per heavy atom. The van der Waals surface area contributed by atoms with E-state index in [9.17, 15) is 0 Å². The molecule has 0 amide bonds. The molecule has 0 aromatic rings. The van der Waals surface area contributed by atoms with E-state index in [0.29, 0.717) is 6.10 Å². The number of rotatable bonds is 3. The molecule has 2 N–H and O–H groups in total. The molecule has 11 heavy (non-hydrogen) atoms. The van der Waals surface area contributed by atoms with Gasteiger partial charge in [-0.05, 0) is 26.3 Å². The topological polar surface area (TPSA) is 41.5 Å². The van der Waals surface area contributed by atoms with Gasteiger partial charge in [-0.15, -0.1) is 0 Å². The van der Waals surface area contributed by atoms with Crippen LogP contribution < -0.4 is 5.32 Å². The maximum absolute atomic E-state index is 8.72. The highest BCUT2D eigenvalue weighted by molar-refractivity contribution is 4.69. The van der Waals surface area contributed by atoms with Crippen LogP contribution in [-0.4, -0.2) is 37.0 Å². The second kappa shape index (κ2) is 4.70. The van der Waals surface area contributed by atoms with E-state index in [4.69, 9.17) is 9.84 Å². The largest absolute Gasteiger partial charge is 0.394 e. The Labute approximate surface area is 67.7 Å². The molecule has 1 aliphatic rings. The number of ether oxygens (including phenoxy) is 1. The molecule has 0 aromatic carbocycles. The minimum absolute atomic E-state index is 0.0140. The van der Waals surface area contributed by atoms with Gasteiger partial charge in [0.05, 0.1) is 18.8 Å². The van der Waals surface area contributed by atoms with Crippen LogP contribution in [0.1, 0.15) is 19.8 Å². The van der Waals surface area contributed by atoms with Gasteiger partial charge in [0.1, 0.15) is 0 Å². The maximum Gasteiger partial charge on any atom is 0.0782 e. The standard InChI is InChI=1S/C8H17NO2/c1-7(6-10)11-8-3-2-4-9-5-8/h7-10H,2-6H2,1H3/t7?,8-/m0/s1. The molecule has 1 saturated heterocycles. The molecule has 0 bridgehead atoms. The van der Waals surface area contributed by atoms with Gasteiger partial charge in [0.25, 0.3) is 0 Å². The predicted molar refractivity (Wildman–Crippen MR) is 43.5 cm³/mol. The lowest BCUT2D eigenvalue weighted by Gasteiger charge is -2.25. The van der Waals surface area contributed by atoms with Crippen LogP contribution in [-0.2, 0) is 4.74 Å². The highest BCUT2D eigenvalue weighted by Gasteiger charge is 2.15. The van der Waals surface area contributed by atoms with Gasteiger partial charge in [-0.1, -0.05) is 0 Å². The zero-order chi connectivity index (χ0) is 8.10. The molecule has 0 aromatic heterocycles. The summed E-state index contributed by atoms with van der Waals surface area (Å²) in [6, 6.07) is 0. The average molecular weight is 159 g/mol. The number of nitrogens with one attached hydrogen (secondary N) is 1. The molecule has 0 saturated carbocycles. The van der Waals surface area contributed by atoms with Crippen LogP contribution >= 0.6 is 0 Å². The third-order valence-electron chi connectivity index (χ3n) is 1.93. The highest BCUT2D eigenvalue weighted by Crippen LogP contribution is 2.07. The van der Waals surface area contributed by atoms with Gasteiger partial charge in [-0.25, -0.2) is 0 Å². The van der Waals surface area contributed by atoms with Crippen LogP contribution in [0.15, 0.2) is 0 Å². The van der Waals surface area contributed by atoms with Gasteiger partial charge in [0, 0.05) is 6.54 Å². The zero-order valence-electron chi connectivity index (χ0n) is 7.05. The van der Waals surface area contributed by atoms with E-state index >= 15 is 0 Å². The van der Waals surface area contributed by atoms with Crippen molar-refractivity contribution in [1.29, 1.82) is 0 Å². The molecule has 3 heteroatoms. The Morgan fingerprint density at radius 2 is 2.55 bits per heavy atom. The molecule has 1 aliphatic heterocycles. The van der Waals surface area contributed by atoms with Gasteiger partial charge in [0.15, 0.2) is 0 Å². The lowest BCUT2D eigenvalue weighted by Crippen LogP contribution is -2.37. The minimum atomic E-state index is -0.0140. The van der Waals surface area contributed by atoms with E-state index in [1.165, 1.54) is 6.42 Å². The summed E-state index contributed by atoms with van der Waals surface area (Å²) in [6.07, 6.45) is 2.60. The second-order valence-corrected chi connectivity index (χ2v) is 3.10. The molecule has 1 heterocycles. The third kappa shape index (κ3) is 3.18. The number of piperidine rings is 1. The molecule has 66 valence electrons. The zero-order valence-corrected chi connectivity index (χ0v) is 7.05. The molecule has 3 nitrogen and oxygen atoms in total. The van der Waals surface area contributed by atoms with E-state index in [1.807, 2.05) is 6.92 Å². The number of hydrogen-bond acceptors (Lipinski definition) is 3. The van der Waals surface area contributed by atoms with Gasteiger partial charge in [-0.2, -0.15) is 0 Å². The Morgan fingerprint density at radius 1 is 1.73 bits per heavy atom. The van der Waals surface area contributed by atoms with Crippen LogP contribution in [0.4, 0.5) is 0 Å². The van der Waals surface area contributed by atoms with E-state index in [2.05, 4.69) is 5.32 Å². The van der Waals surface area contributed by atoms with Gasteiger partial charge >= 0.3 is 0 Å². The molecule has 0 spiro atoms. The Bertz CT molecular complexity index is 102. The number of aliphatic hydroxyl groups excluding tert-OH is 1. The van der Waals surface area contributed by atoms with Crippen molar-refractivity contribution in [1.82, 2.24) is 5.32 Å². The van der Waals surface area contributed by atoms with Crippen LogP contribution in [0.25, 0.3) is 0 Å². The van der Waals surface area contributed by atoms with Gasteiger partial charge < -0.3 is 15.2 Å². The van der Waals surface area contributed by atoms with Crippen molar-refractivity contribution in [2.45, 2.75) is 32.0 Å². The van der Waals surface area contributed by atoms with Crippen LogP contribution in [0.2, 0.25) is 0 Å². The molecular weight excluding hydrogens is 142 g/mol. The summed E-state index contributed by atoms with van der Waals surface area (Å²) in [5, 5.41) is 12.0. The first-order valence-corrected chi connectivity index (χ1v) is 4.30. The van der Waals surface area contributed by atoms with Crippen molar-refractivity contribution < 1.29 is 9.84 Å². The summed E-state index contributed by atoms with van der Waals surface area (Å²) in [4.78, 5) is 0. The van der Waals surface area contributed by atoms with Gasteiger partial charge in [0.2, 0.25) is 0 Å². The van der Waals surface area contributed by atoms with Crippen molar-refractivity contribution >= 4 is 0 Å². The molecule has 1 fully saturated rings. The van der Waals surface area contributed by atoms with E-state index < -0.39 is 0 Å². The fourth-order valence-electron chi connectivity index (χ4n) is 1.31. The number of hydrogen-bond donors (Lipinski definition) is 2. The summed E-state index contributed by atoms with van der Waals surface area (Å²) in [6.45, 7) is 4.06. The third-order valence-corrected chi connectivity index (χ3v) is 1.93. The molecular formula is C8H17NO2. The fourth-order valence-corrected chi connectivity index (χ4v) is 1.31. The minimum Gasteiger partial charge on any atom is -0.394 e. The second-order valence-electron chi connectivity index (χ2n) is 3.10. The Kier molecular flexibility index (Phi) is 3.83. The summed E-state index contributed by atoms with van der Waals surface area (Å²) < 4.78 is 5.53. The SMILES string of the molecule is CC(CO)O[C@H]1CCCNC1. The fraction of sp³-hybridized carbons (Fsp3) is 1.00. The van der Waals surface area contributed by atoms with E-state index in [-0.39, 0.29) is 12.7 Å². The Balaban J connectivity index is 2.13. The van der Waals surface area contributed by atoms with Gasteiger partial charge in [-0.3, -0.25) is 0 Å². The van der Waals surface area contributed by atoms with E-state index in [0.717, 1.165) is 19.5 Å². The average Bonchev–Trinajstić information content (AvgIpc) is 2.06. The van der Waals surface area contributed by atoms with E-state index in [1.54, 1.807) is 0 Å².